The molecule has 0 spiro atoms. The Morgan fingerprint density at radius 2 is 1.26 bits per heavy atom. The van der Waals surface area contributed by atoms with Crippen LogP contribution >= 0.6 is 0 Å². The summed E-state index contributed by atoms with van der Waals surface area (Å²) in [5, 5.41) is 10.4. The van der Waals surface area contributed by atoms with Crippen molar-refractivity contribution in [2.75, 3.05) is 0 Å². The van der Waals surface area contributed by atoms with Gasteiger partial charge >= 0.3 is 0 Å². The van der Waals surface area contributed by atoms with Crippen LogP contribution in [0.25, 0.3) is 12.2 Å². The zero-order chi connectivity index (χ0) is 13.8. The number of ether oxygens (including phenoxy) is 2. The van der Waals surface area contributed by atoms with E-state index in [-0.39, 0.29) is 17.0 Å². The van der Waals surface area contributed by atoms with Crippen LogP contribution in [0.4, 0.5) is 0 Å². The minimum Gasteiger partial charge on any atom is -0.506 e. The summed E-state index contributed by atoms with van der Waals surface area (Å²) in [6, 6.07) is 1.86. The van der Waals surface area contributed by atoms with E-state index in [0.29, 0.717) is 22.6 Å². The van der Waals surface area contributed by atoms with Crippen molar-refractivity contribution in [3.63, 3.8) is 0 Å². The standard InChI is InChI=1S/C16H18O3/c1-15(2)7-5-10-12(18-15)9-13-11(14(10)17)6-8-16(3,4)19-13/h5-9,17H,1-4H3. The molecule has 19 heavy (non-hydrogen) atoms. The fraction of sp³-hybridized carbons (Fsp3) is 0.375. The lowest BCUT2D eigenvalue weighted by molar-refractivity contribution is 0.146. The number of phenols is 1. The van der Waals surface area contributed by atoms with Gasteiger partial charge in [-0.3, -0.25) is 0 Å². The van der Waals surface area contributed by atoms with E-state index in [1.807, 2.05) is 58.1 Å². The van der Waals surface area contributed by atoms with E-state index in [1.165, 1.54) is 0 Å². The van der Waals surface area contributed by atoms with Crippen molar-refractivity contribution >= 4 is 12.2 Å². The second-order valence-electron chi connectivity index (χ2n) is 6.13. The van der Waals surface area contributed by atoms with Gasteiger partial charge < -0.3 is 14.6 Å². The van der Waals surface area contributed by atoms with Gasteiger partial charge in [0.2, 0.25) is 0 Å². The van der Waals surface area contributed by atoms with E-state index in [4.69, 9.17) is 9.47 Å². The molecular weight excluding hydrogens is 240 g/mol. The molecule has 2 aliphatic heterocycles. The monoisotopic (exact) mass is 258 g/mol. The molecule has 0 unspecified atom stereocenters. The molecule has 0 bridgehead atoms. The molecule has 2 heterocycles. The highest BCUT2D eigenvalue weighted by molar-refractivity contribution is 5.78. The first-order valence-corrected chi connectivity index (χ1v) is 6.44. The molecule has 0 aliphatic carbocycles. The summed E-state index contributed by atoms with van der Waals surface area (Å²) in [6.07, 6.45) is 7.70. The third kappa shape index (κ3) is 1.99. The number of rotatable bonds is 0. The van der Waals surface area contributed by atoms with E-state index in [2.05, 4.69) is 0 Å². The van der Waals surface area contributed by atoms with Crippen LogP contribution in [0.2, 0.25) is 0 Å². The summed E-state index contributed by atoms with van der Waals surface area (Å²) in [5.41, 5.74) is 0.693. The Labute approximate surface area is 113 Å². The minimum absolute atomic E-state index is 0.214. The molecule has 0 amide bonds. The van der Waals surface area contributed by atoms with Crippen LogP contribution in [-0.4, -0.2) is 16.3 Å². The highest BCUT2D eigenvalue weighted by atomic mass is 16.5. The van der Waals surface area contributed by atoms with Gasteiger partial charge in [-0.2, -0.15) is 0 Å². The van der Waals surface area contributed by atoms with Crippen molar-refractivity contribution in [2.45, 2.75) is 38.9 Å². The number of aromatic hydroxyl groups is 1. The average Bonchev–Trinajstić information content (AvgIpc) is 2.25. The molecule has 1 aromatic carbocycles. The molecule has 0 saturated carbocycles. The molecule has 3 heteroatoms. The Balaban J connectivity index is 2.17. The van der Waals surface area contributed by atoms with Crippen LogP contribution in [0.5, 0.6) is 17.2 Å². The van der Waals surface area contributed by atoms with Crippen LogP contribution in [0.15, 0.2) is 18.2 Å². The normalized spacial score (nSPS) is 21.1. The first kappa shape index (κ1) is 12.2. The molecule has 0 aromatic heterocycles. The molecule has 3 rings (SSSR count). The summed E-state index contributed by atoms with van der Waals surface area (Å²) in [5.74, 6) is 1.54. The van der Waals surface area contributed by atoms with Crippen molar-refractivity contribution in [3.05, 3.63) is 29.3 Å². The largest absolute Gasteiger partial charge is 0.506 e. The van der Waals surface area contributed by atoms with Gasteiger partial charge in [0.05, 0.1) is 11.1 Å². The van der Waals surface area contributed by atoms with E-state index >= 15 is 0 Å². The molecule has 2 aliphatic rings. The lowest BCUT2D eigenvalue weighted by Gasteiger charge is -2.32. The highest BCUT2D eigenvalue weighted by Crippen LogP contribution is 2.46. The minimum atomic E-state index is -0.367. The number of hydrogen-bond donors (Lipinski definition) is 1. The molecule has 100 valence electrons. The van der Waals surface area contributed by atoms with Crippen LogP contribution in [0.3, 0.4) is 0 Å². The molecular formula is C16H18O3. The number of hydrogen-bond acceptors (Lipinski definition) is 3. The summed E-state index contributed by atoms with van der Waals surface area (Å²) in [4.78, 5) is 0. The van der Waals surface area contributed by atoms with Crippen LogP contribution < -0.4 is 9.47 Å². The molecule has 0 radical (unpaired) electrons. The van der Waals surface area contributed by atoms with Gasteiger partial charge in [-0.15, -0.1) is 0 Å². The molecule has 1 aromatic rings. The van der Waals surface area contributed by atoms with Crippen LogP contribution in [-0.2, 0) is 0 Å². The number of fused-ring (bicyclic) bond motifs is 2. The summed E-state index contributed by atoms with van der Waals surface area (Å²) >= 11 is 0. The maximum atomic E-state index is 10.4. The Hall–Kier alpha value is -1.90. The molecule has 0 fully saturated rings. The zero-order valence-corrected chi connectivity index (χ0v) is 11.7. The van der Waals surface area contributed by atoms with Crippen molar-refractivity contribution in [2.24, 2.45) is 0 Å². The molecule has 0 saturated heterocycles. The maximum Gasteiger partial charge on any atom is 0.137 e. The van der Waals surface area contributed by atoms with Crippen molar-refractivity contribution in [1.29, 1.82) is 0 Å². The summed E-state index contributed by atoms with van der Waals surface area (Å²) in [7, 11) is 0. The Morgan fingerprint density at radius 3 is 1.68 bits per heavy atom. The van der Waals surface area contributed by atoms with Crippen LogP contribution in [0, 0.1) is 0 Å². The second-order valence-corrected chi connectivity index (χ2v) is 6.13. The van der Waals surface area contributed by atoms with Gasteiger partial charge in [0, 0.05) is 6.07 Å². The van der Waals surface area contributed by atoms with Gasteiger partial charge in [-0.1, -0.05) is 0 Å². The molecule has 3 nitrogen and oxygen atoms in total. The number of benzene rings is 1. The third-order valence-corrected chi connectivity index (χ3v) is 3.35. The quantitative estimate of drug-likeness (QED) is 0.770. The van der Waals surface area contributed by atoms with Crippen LogP contribution in [0.1, 0.15) is 38.8 Å². The lowest BCUT2D eigenvalue weighted by Crippen LogP contribution is -2.29. The molecule has 0 atom stereocenters. The fourth-order valence-electron chi connectivity index (χ4n) is 2.35. The number of phenolic OH excluding ortho intramolecular Hbond substituents is 1. The second kappa shape index (κ2) is 3.56. The first-order chi connectivity index (χ1) is 8.77. The van der Waals surface area contributed by atoms with E-state index in [9.17, 15) is 5.11 Å². The summed E-state index contributed by atoms with van der Waals surface area (Å²) in [6.45, 7) is 7.92. The van der Waals surface area contributed by atoms with Gasteiger partial charge in [-0.05, 0) is 52.0 Å². The Morgan fingerprint density at radius 1 is 0.842 bits per heavy atom. The SMILES string of the molecule is CC1(C)C=Cc2c(cc3c(c2O)C=CC(C)(C)O3)O1. The van der Waals surface area contributed by atoms with E-state index in [1.54, 1.807) is 0 Å². The average molecular weight is 258 g/mol. The predicted octanol–water partition coefficient (Wildman–Crippen LogP) is 3.76. The fourth-order valence-corrected chi connectivity index (χ4v) is 2.35. The van der Waals surface area contributed by atoms with E-state index in [0.717, 1.165) is 0 Å². The van der Waals surface area contributed by atoms with Gasteiger partial charge in [0.15, 0.2) is 0 Å². The van der Waals surface area contributed by atoms with Gasteiger partial charge in [0.25, 0.3) is 0 Å². The zero-order valence-electron chi connectivity index (χ0n) is 11.7. The van der Waals surface area contributed by atoms with Crippen molar-refractivity contribution in [1.82, 2.24) is 0 Å². The Bertz CT molecular complexity index is 557. The van der Waals surface area contributed by atoms with Crippen molar-refractivity contribution in [3.8, 4) is 17.2 Å². The molecule has 1 N–H and O–H groups in total. The van der Waals surface area contributed by atoms with E-state index < -0.39 is 0 Å². The summed E-state index contributed by atoms with van der Waals surface area (Å²) < 4.78 is 11.8. The third-order valence-electron chi connectivity index (χ3n) is 3.35. The van der Waals surface area contributed by atoms with Crippen molar-refractivity contribution < 1.29 is 14.6 Å². The topological polar surface area (TPSA) is 38.7 Å². The highest BCUT2D eigenvalue weighted by Gasteiger charge is 2.30. The smallest absolute Gasteiger partial charge is 0.137 e. The predicted molar refractivity (Wildman–Crippen MR) is 75.6 cm³/mol. The maximum absolute atomic E-state index is 10.4. The van der Waals surface area contributed by atoms with Gasteiger partial charge in [-0.25, -0.2) is 0 Å². The van der Waals surface area contributed by atoms with Gasteiger partial charge in [0.1, 0.15) is 28.5 Å². The Kier molecular flexibility index (Phi) is 2.28. The lowest BCUT2D eigenvalue weighted by atomic mass is 9.96. The first-order valence-electron chi connectivity index (χ1n) is 6.44.